The molecule has 1 aromatic heterocycles. The molecule has 1 saturated heterocycles. The van der Waals surface area contributed by atoms with Crippen LogP contribution in [-0.2, 0) is 17.7 Å². The molecule has 0 unspecified atom stereocenters. The Morgan fingerprint density at radius 1 is 1.30 bits per heavy atom. The lowest BCUT2D eigenvalue weighted by molar-refractivity contribution is 0.0629. The van der Waals surface area contributed by atoms with Crippen LogP contribution in [0.4, 0.5) is 16.2 Å². The van der Waals surface area contributed by atoms with Gasteiger partial charge in [-0.2, -0.15) is 0 Å². The van der Waals surface area contributed by atoms with Crippen molar-refractivity contribution >= 4 is 29.1 Å². The van der Waals surface area contributed by atoms with Crippen LogP contribution in [0.2, 0.25) is 5.02 Å². The van der Waals surface area contributed by atoms with Gasteiger partial charge in [0.25, 0.3) is 5.56 Å². The number of aromatic nitrogens is 2. The largest absolute Gasteiger partial charge is 0.465 e. The van der Waals surface area contributed by atoms with Crippen molar-refractivity contribution in [1.29, 1.82) is 0 Å². The van der Waals surface area contributed by atoms with Gasteiger partial charge in [0, 0.05) is 45.0 Å². The number of amides is 1. The highest BCUT2D eigenvalue weighted by Gasteiger charge is 2.37. The quantitative estimate of drug-likeness (QED) is 0.601. The summed E-state index contributed by atoms with van der Waals surface area (Å²) >= 11 is 6.59. The van der Waals surface area contributed by atoms with E-state index in [1.54, 1.807) is 4.57 Å². The summed E-state index contributed by atoms with van der Waals surface area (Å²) in [5, 5.41) is 13.2. The number of anilines is 2. The van der Waals surface area contributed by atoms with Crippen molar-refractivity contribution in [1.82, 2.24) is 14.5 Å². The van der Waals surface area contributed by atoms with E-state index in [0.717, 1.165) is 5.69 Å². The van der Waals surface area contributed by atoms with Gasteiger partial charge in [0.2, 0.25) is 0 Å². The van der Waals surface area contributed by atoms with E-state index < -0.39 is 6.09 Å². The first-order valence-electron chi connectivity index (χ1n) is 11.2. The van der Waals surface area contributed by atoms with E-state index in [-0.39, 0.29) is 30.8 Å². The molecule has 2 aromatic rings. The Kier molecular flexibility index (Phi) is 7.86. The first-order valence-corrected chi connectivity index (χ1v) is 11.6. The Hall–Kier alpha value is -2.78. The number of aryl methyl sites for hydroxylation is 1. The molecule has 180 valence electrons. The number of ether oxygens (including phenoxy) is 1. The normalized spacial score (nSPS) is 17.9. The van der Waals surface area contributed by atoms with Gasteiger partial charge in [-0.25, -0.2) is 9.78 Å². The zero-order valence-electron chi connectivity index (χ0n) is 19.8. The maximum atomic E-state index is 13.6. The Labute approximate surface area is 198 Å². The van der Waals surface area contributed by atoms with E-state index in [1.807, 2.05) is 58.0 Å². The van der Waals surface area contributed by atoms with E-state index in [9.17, 15) is 14.7 Å². The van der Waals surface area contributed by atoms with Crippen LogP contribution in [-0.4, -0.2) is 71.6 Å². The van der Waals surface area contributed by atoms with Gasteiger partial charge in [-0.3, -0.25) is 9.36 Å². The van der Waals surface area contributed by atoms with Crippen LogP contribution >= 0.6 is 11.6 Å². The van der Waals surface area contributed by atoms with Crippen molar-refractivity contribution in [2.45, 2.75) is 45.9 Å². The van der Waals surface area contributed by atoms with Gasteiger partial charge in [-0.05, 0) is 38.5 Å². The second-order valence-corrected chi connectivity index (χ2v) is 8.56. The van der Waals surface area contributed by atoms with Crippen molar-refractivity contribution in [3.8, 4) is 11.4 Å². The number of carbonyl (C=O) groups is 1. The molecule has 0 aliphatic carbocycles. The van der Waals surface area contributed by atoms with Crippen molar-refractivity contribution in [2.24, 2.45) is 0 Å². The zero-order valence-corrected chi connectivity index (χ0v) is 20.5. The fourth-order valence-electron chi connectivity index (χ4n) is 4.10. The number of benzene rings is 1. The van der Waals surface area contributed by atoms with Gasteiger partial charge in [0.15, 0.2) is 0 Å². The minimum Gasteiger partial charge on any atom is -0.465 e. The molecule has 2 atom stereocenters. The van der Waals surface area contributed by atoms with E-state index in [2.05, 4.69) is 5.32 Å². The lowest BCUT2D eigenvalue weighted by Gasteiger charge is -2.23. The molecule has 3 rings (SSSR count). The molecule has 1 aromatic carbocycles. The first kappa shape index (κ1) is 24.9. The summed E-state index contributed by atoms with van der Waals surface area (Å²) < 4.78 is 7.35. The van der Waals surface area contributed by atoms with Crippen LogP contribution in [0.25, 0.3) is 11.4 Å². The third kappa shape index (κ3) is 5.09. The summed E-state index contributed by atoms with van der Waals surface area (Å²) in [7, 11) is 3.87. The van der Waals surface area contributed by atoms with Crippen LogP contribution in [0.15, 0.2) is 23.0 Å². The third-order valence-corrected chi connectivity index (χ3v) is 6.17. The number of hydrogen-bond donors (Lipinski definition) is 2. The maximum Gasteiger partial charge on any atom is 0.407 e. The number of likely N-dealkylation sites (tertiary alicyclic amines) is 1. The molecule has 2 heterocycles. The van der Waals surface area contributed by atoms with E-state index in [0.29, 0.717) is 47.4 Å². The fourth-order valence-corrected chi connectivity index (χ4v) is 4.36. The number of nitrogens with zero attached hydrogens (tertiary/aromatic N) is 4. The number of nitrogens with one attached hydrogen (secondary N) is 1. The highest BCUT2D eigenvalue weighted by Crippen LogP contribution is 2.31. The van der Waals surface area contributed by atoms with Crippen LogP contribution in [0.1, 0.15) is 26.5 Å². The summed E-state index contributed by atoms with van der Waals surface area (Å²) in [5.74, 6) is 0.514. The molecule has 1 aliphatic rings. The Bertz CT molecular complexity index is 1070. The summed E-state index contributed by atoms with van der Waals surface area (Å²) in [4.78, 5) is 33.1. The van der Waals surface area contributed by atoms with E-state index in [1.165, 1.54) is 4.90 Å². The monoisotopic (exact) mass is 477 g/mol. The van der Waals surface area contributed by atoms with Crippen molar-refractivity contribution in [2.75, 3.05) is 44.0 Å². The first-order chi connectivity index (χ1) is 15.7. The van der Waals surface area contributed by atoms with Crippen LogP contribution in [0.5, 0.6) is 0 Å². The van der Waals surface area contributed by atoms with Gasteiger partial charge in [0.05, 0.1) is 29.4 Å². The second-order valence-electron chi connectivity index (χ2n) is 8.15. The highest BCUT2D eigenvalue weighted by atomic mass is 35.5. The second kappa shape index (κ2) is 10.4. The molecular formula is C23H32ClN5O4. The van der Waals surface area contributed by atoms with Gasteiger partial charge in [0.1, 0.15) is 11.5 Å². The SMILES string of the molecule is CCO[C@H]1CN(C(=O)O)C[C@H]1Nc1c(CC)nc(-c2ccc(N(C)C)cc2Cl)n(CC)c1=O. The van der Waals surface area contributed by atoms with Crippen LogP contribution in [0, 0.1) is 0 Å². The molecule has 1 amide bonds. The lowest BCUT2D eigenvalue weighted by Crippen LogP contribution is -2.38. The Balaban J connectivity index is 2.05. The zero-order chi connectivity index (χ0) is 24.3. The molecule has 0 bridgehead atoms. The minimum absolute atomic E-state index is 0.212. The third-order valence-electron chi connectivity index (χ3n) is 5.85. The minimum atomic E-state index is -1.00. The van der Waals surface area contributed by atoms with Crippen molar-refractivity contribution in [3.63, 3.8) is 0 Å². The predicted octanol–water partition coefficient (Wildman–Crippen LogP) is 3.39. The van der Waals surface area contributed by atoms with Crippen molar-refractivity contribution < 1.29 is 14.6 Å². The molecule has 9 nitrogen and oxygen atoms in total. The Morgan fingerprint density at radius 2 is 2.03 bits per heavy atom. The van der Waals surface area contributed by atoms with Crippen molar-refractivity contribution in [3.05, 3.63) is 39.3 Å². The van der Waals surface area contributed by atoms with Gasteiger partial charge in [-0.1, -0.05) is 18.5 Å². The molecule has 0 spiro atoms. The van der Waals surface area contributed by atoms with Crippen LogP contribution in [0.3, 0.4) is 0 Å². The number of carboxylic acid groups (broad SMARTS) is 1. The average molecular weight is 478 g/mol. The molecule has 0 radical (unpaired) electrons. The Morgan fingerprint density at radius 3 is 2.58 bits per heavy atom. The highest BCUT2D eigenvalue weighted by molar-refractivity contribution is 6.33. The fraction of sp³-hybridized carbons (Fsp3) is 0.522. The standard InChI is InChI=1S/C23H32ClN5O4/c1-6-17-20(25-18-12-28(23(31)32)13-19(18)33-8-3)22(30)29(7-2)21(26-17)15-10-9-14(27(4)5)11-16(15)24/h9-11,18-19,25H,6-8,12-13H2,1-5H3,(H,31,32)/t18-,19+/m1/s1. The molecule has 10 heteroatoms. The van der Waals surface area contributed by atoms with Crippen LogP contribution < -0.4 is 15.8 Å². The molecular weight excluding hydrogens is 446 g/mol. The molecule has 0 saturated carbocycles. The summed E-state index contributed by atoms with van der Waals surface area (Å²) in [6.07, 6.45) is -0.829. The van der Waals surface area contributed by atoms with Gasteiger partial charge in [-0.15, -0.1) is 0 Å². The topological polar surface area (TPSA) is 99.9 Å². The maximum absolute atomic E-state index is 13.6. The van der Waals surface area contributed by atoms with E-state index >= 15 is 0 Å². The summed E-state index contributed by atoms with van der Waals surface area (Å²) in [6, 6.07) is 5.33. The van der Waals surface area contributed by atoms with Gasteiger partial charge < -0.3 is 25.0 Å². The molecule has 1 aliphatic heterocycles. The smallest absolute Gasteiger partial charge is 0.407 e. The molecule has 33 heavy (non-hydrogen) atoms. The van der Waals surface area contributed by atoms with E-state index in [4.69, 9.17) is 21.3 Å². The molecule has 1 fully saturated rings. The average Bonchev–Trinajstić information content (AvgIpc) is 3.18. The number of halogens is 1. The van der Waals surface area contributed by atoms with Gasteiger partial charge >= 0.3 is 6.09 Å². The predicted molar refractivity (Wildman–Crippen MR) is 131 cm³/mol. The molecule has 2 N–H and O–H groups in total. The number of rotatable bonds is 8. The number of hydrogen-bond acceptors (Lipinski definition) is 6. The summed E-state index contributed by atoms with van der Waals surface area (Å²) in [6.45, 7) is 7.03. The lowest BCUT2D eigenvalue weighted by atomic mass is 10.1. The summed E-state index contributed by atoms with van der Waals surface area (Å²) in [5.41, 5.74) is 2.42.